The quantitative estimate of drug-likeness (QED) is 0.312. The van der Waals surface area contributed by atoms with Crippen molar-refractivity contribution in [1.29, 1.82) is 0 Å². The molecule has 0 radical (unpaired) electrons. The van der Waals surface area contributed by atoms with Gasteiger partial charge in [0.15, 0.2) is 11.5 Å². The molecule has 1 atom stereocenters. The molecule has 0 aliphatic carbocycles. The third-order valence-corrected chi connectivity index (χ3v) is 5.83. The van der Waals surface area contributed by atoms with Crippen LogP contribution in [0, 0.1) is 5.82 Å². The van der Waals surface area contributed by atoms with Crippen molar-refractivity contribution in [2.45, 2.75) is 32.7 Å². The lowest BCUT2D eigenvalue weighted by Gasteiger charge is -2.30. The Morgan fingerprint density at radius 1 is 1.08 bits per heavy atom. The van der Waals surface area contributed by atoms with Gasteiger partial charge in [-0.1, -0.05) is 49.7 Å². The fourth-order valence-electron chi connectivity index (χ4n) is 3.83. The molecular weight excluding hydrogens is 459 g/mol. The van der Waals surface area contributed by atoms with Crippen molar-refractivity contribution in [2.75, 3.05) is 18.1 Å². The highest BCUT2D eigenvalue weighted by molar-refractivity contribution is 6.12. The van der Waals surface area contributed by atoms with E-state index in [2.05, 4.69) is 12.2 Å². The number of nitrogens with one attached hydrogen (secondary N) is 1. The Morgan fingerprint density at radius 2 is 1.81 bits per heavy atom. The first-order chi connectivity index (χ1) is 17.4. The van der Waals surface area contributed by atoms with Crippen molar-refractivity contribution in [2.24, 2.45) is 0 Å². The summed E-state index contributed by atoms with van der Waals surface area (Å²) in [6, 6.07) is 20.1. The summed E-state index contributed by atoms with van der Waals surface area (Å²) in [4.78, 5) is 27.6. The molecule has 2 amide bonds. The molecule has 6 nitrogen and oxygen atoms in total. The van der Waals surface area contributed by atoms with Crippen LogP contribution in [0.25, 0.3) is 6.08 Å². The van der Waals surface area contributed by atoms with Gasteiger partial charge in [0.25, 0.3) is 5.91 Å². The van der Waals surface area contributed by atoms with Crippen LogP contribution >= 0.6 is 0 Å². The van der Waals surface area contributed by atoms with E-state index >= 15 is 0 Å². The van der Waals surface area contributed by atoms with Gasteiger partial charge in [0.2, 0.25) is 5.91 Å². The fourth-order valence-corrected chi connectivity index (χ4v) is 3.83. The second kappa shape index (κ2) is 11.5. The number of ether oxygens (including phenoxy) is 2. The van der Waals surface area contributed by atoms with E-state index in [1.807, 2.05) is 31.2 Å². The number of anilines is 1. The van der Waals surface area contributed by atoms with E-state index in [1.165, 1.54) is 23.1 Å². The Labute approximate surface area is 210 Å². The molecule has 1 aliphatic rings. The average Bonchev–Trinajstić information content (AvgIpc) is 2.88. The van der Waals surface area contributed by atoms with Crippen molar-refractivity contribution < 1.29 is 23.5 Å². The number of nitrogens with zero attached hydrogens (tertiary/aromatic N) is 1. The molecule has 0 aromatic heterocycles. The molecule has 7 heteroatoms. The lowest BCUT2D eigenvalue weighted by molar-refractivity contribution is -0.123. The molecule has 0 fully saturated rings. The molecule has 36 heavy (non-hydrogen) atoms. The Morgan fingerprint density at radius 3 is 2.53 bits per heavy atom. The molecule has 3 aromatic rings. The maximum absolute atomic E-state index is 13.3. The van der Waals surface area contributed by atoms with Crippen LogP contribution in [0.15, 0.2) is 78.6 Å². The Hall–Kier alpha value is -4.13. The Kier molecular flexibility index (Phi) is 8.00. The van der Waals surface area contributed by atoms with Gasteiger partial charge in [-0.15, -0.1) is 0 Å². The van der Waals surface area contributed by atoms with Crippen LogP contribution in [0.2, 0.25) is 0 Å². The first kappa shape index (κ1) is 25.0. The van der Waals surface area contributed by atoms with Gasteiger partial charge in [0.1, 0.15) is 18.1 Å². The third-order valence-electron chi connectivity index (χ3n) is 5.83. The van der Waals surface area contributed by atoms with Gasteiger partial charge in [0.05, 0.1) is 18.3 Å². The zero-order valence-corrected chi connectivity index (χ0v) is 20.4. The number of hydrogen-bond acceptors (Lipinski definition) is 4. The summed E-state index contributed by atoms with van der Waals surface area (Å²) in [6.07, 6.45) is 3.61. The lowest BCUT2D eigenvalue weighted by atomic mass is 10.1. The molecule has 0 saturated heterocycles. The summed E-state index contributed by atoms with van der Waals surface area (Å²) < 4.78 is 24.8. The molecule has 0 bridgehead atoms. The van der Waals surface area contributed by atoms with E-state index in [0.29, 0.717) is 23.6 Å². The second-order valence-corrected chi connectivity index (χ2v) is 8.58. The number of unbranched alkanes of at least 4 members (excludes halogenated alkanes) is 1. The minimum absolute atomic E-state index is 0.0554. The number of carbonyl (C=O) groups excluding carboxylic acids is 2. The largest absolute Gasteiger partial charge is 0.494 e. The van der Waals surface area contributed by atoms with Gasteiger partial charge in [-0.2, -0.15) is 0 Å². The zero-order chi connectivity index (χ0) is 25.5. The minimum Gasteiger partial charge on any atom is -0.494 e. The summed E-state index contributed by atoms with van der Waals surface area (Å²) in [6.45, 7) is 4.50. The topological polar surface area (TPSA) is 67.9 Å². The van der Waals surface area contributed by atoms with Gasteiger partial charge in [-0.3, -0.25) is 14.5 Å². The van der Waals surface area contributed by atoms with E-state index in [0.717, 1.165) is 24.2 Å². The monoisotopic (exact) mass is 488 g/mol. The molecular formula is C29H29FN2O4. The summed E-state index contributed by atoms with van der Waals surface area (Å²) in [5.41, 5.74) is 2.05. The van der Waals surface area contributed by atoms with Crippen LogP contribution in [0.3, 0.4) is 0 Å². The predicted octanol–water partition coefficient (Wildman–Crippen LogP) is 5.65. The van der Waals surface area contributed by atoms with E-state index < -0.39 is 5.91 Å². The minimum atomic E-state index is -0.450. The van der Waals surface area contributed by atoms with Crippen molar-refractivity contribution in [3.8, 4) is 11.5 Å². The van der Waals surface area contributed by atoms with Crippen molar-refractivity contribution in [3.63, 3.8) is 0 Å². The highest BCUT2D eigenvalue weighted by Gasteiger charge is 2.31. The van der Waals surface area contributed by atoms with Gasteiger partial charge >= 0.3 is 0 Å². The van der Waals surface area contributed by atoms with E-state index in [1.54, 1.807) is 36.4 Å². The summed E-state index contributed by atoms with van der Waals surface area (Å²) in [7, 11) is 0. The van der Waals surface area contributed by atoms with Gasteiger partial charge in [-0.25, -0.2) is 4.39 Å². The fraction of sp³-hybridized carbons (Fsp3) is 0.241. The maximum atomic E-state index is 13.3. The van der Waals surface area contributed by atoms with Crippen LogP contribution in [0.5, 0.6) is 11.5 Å². The number of rotatable bonds is 9. The molecule has 1 N–H and O–H groups in total. The summed E-state index contributed by atoms with van der Waals surface area (Å²) >= 11 is 0. The second-order valence-electron chi connectivity index (χ2n) is 8.58. The number of benzene rings is 3. The normalized spacial score (nSPS) is 14.7. The van der Waals surface area contributed by atoms with Crippen LogP contribution in [0.1, 0.15) is 43.9 Å². The average molecular weight is 489 g/mol. The number of halogens is 1. The number of hydrogen-bond donors (Lipinski definition) is 1. The Balaban J connectivity index is 1.46. The number of carbonyl (C=O) groups is 2. The highest BCUT2D eigenvalue weighted by Crippen LogP contribution is 2.35. The molecule has 1 unspecified atom stereocenters. The molecule has 4 rings (SSSR count). The SMILES string of the molecule is CCCCOc1ccc(C(C)NC(=O)CN2C(=O)/C(=C\c3ccc(F)cc3)Oc3ccccc32)cc1. The summed E-state index contributed by atoms with van der Waals surface area (Å²) in [5, 5.41) is 2.96. The molecule has 3 aromatic carbocycles. The lowest BCUT2D eigenvalue weighted by Crippen LogP contribution is -2.44. The standard InChI is InChI=1S/C29H29FN2O4/c1-3-4-17-35-24-15-11-22(12-16-24)20(2)31-28(33)19-32-25-7-5-6-8-26(25)36-27(29(32)34)18-21-9-13-23(30)14-10-21/h5-16,18,20H,3-4,17,19H2,1-2H3,(H,31,33)/b27-18+. The molecule has 0 saturated carbocycles. The van der Waals surface area contributed by atoms with Crippen LogP contribution in [-0.4, -0.2) is 25.0 Å². The van der Waals surface area contributed by atoms with E-state index in [9.17, 15) is 14.0 Å². The molecule has 1 aliphatic heterocycles. The van der Waals surface area contributed by atoms with Gasteiger partial charge in [0, 0.05) is 0 Å². The van der Waals surface area contributed by atoms with Crippen molar-refractivity contribution in [1.82, 2.24) is 5.32 Å². The molecule has 0 spiro atoms. The van der Waals surface area contributed by atoms with E-state index in [-0.39, 0.29) is 30.1 Å². The first-order valence-electron chi connectivity index (χ1n) is 12.0. The third kappa shape index (κ3) is 6.10. The van der Waals surface area contributed by atoms with Crippen LogP contribution in [-0.2, 0) is 9.59 Å². The van der Waals surface area contributed by atoms with Crippen LogP contribution < -0.4 is 19.7 Å². The van der Waals surface area contributed by atoms with Crippen LogP contribution in [0.4, 0.5) is 10.1 Å². The van der Waals surface area contributed by atoms with Gasteiger partial charge < -0.3 is 14.8 Å². The van der Waals surface area contributed by atoms with Crippen molar-refractivity contribution >= 4 is 23.6 Å². The number of fused-ring (bicyclic) bond motifs is 1. The predicted molar refractivity (Wildman–Crippen MR) is 137 cm³/mol. The summed E-state index contributed by atoms with van der Waals surface area (Å²) in [5.74, 6) is 0.183. The van der Waals surface area contributed by atoms with E-state index in [4.69, 9.17) is 9.47 Å². The van der Waals surface area contributed by atoms with Gasteiger partial charge in [-0.05, 0) is 66.9 Å². The molecule has 1 heterocycles. The Bertz CT molecular complexity index is 1240. The smallest absolute Gasteiger partial charge is 0.294 e. The maximum Gasteiger partial charge on any atom is 0.294 e. The first-order valence-corrected chi connectivity index (χ1v) is 12.0. The number of amides is 2. The molecule has 186 valence electrons. The number of para-hydroxylation sites is 2. The zero-order valence-electron chi connectivity index (χ0n) is 20.4. The highest BCUT2D eigenvalue weighted by atomic mass is 19.1. The van der Waals surface area contributed by atoms with Crippen molar-refractivity contribution in [3.05, 3.63) is 95.5 Å².